The Balaban J connectivity index is 0.000000161. The van der Waals surface area contributed by atoms with Crippen molar-refractivity contribution in [1.29, 1.82) is 10.5 Å². The number of benzene rings is 24. The molecule has 0 saturated heterocycles. The lowest BCUT2D eigenvalue weighted by Gasteiger charge is -2.30. The van der Waals surface area contributed by atoms with Gasteiger partial charge in [-0.2, -0.15) is 10.5 Å². The largest absolute Gasteiger partial charge is 0.310 e. The molecule has 0 N–H and O–H groups in total. The summed E-state index contributed by atoms with van der Waals surface area (Å²) >= 11 is 0. The van der Waals surface area contributed by atoms with Gasteiger partial charge in [0, 0.05) is 67.0 Å². The molecule has 0 aliphatic heterocycles. The maximum Gasteiger partial charge on any atom is 0.187 e. The third kappa shape index (κ3) is 17.6. The quantitative estimate of drug-likeness (QED) is 0.0497. The highest BCUT2D eigenvalue weighted by atomic mass is 15.2. The highest BCUT2D eigenvalue weighted by Crippen LogP contribution is 2.54. The highest BCUT2D eigenvalue weighted by molar-refractivity contribution is 6.30. The first kappa shape index (κ1) is 90.4. The molecule has 24 aromatic carbocycles. The molecule has 24 rings (SSSR count). The van der Waals surface area contributed by atoms with Crippen LogP contribution in [0.4, 0.5) is 79.6 Å². The summed E-state index contributed by atoms with van der Waals surface area (Å²) < 4.78 is 0. The minimum atomic E-state index is 0.617. The molecule has 0 unspecified atom stereocenters. The van der Waals surface area contributed by atoms with Crippen molar-refractivity contribution in [3.8, 4) is 101 Å². The zero-order chi connectivity index (χ0) is 98.8. The fraction of sp³-hybridized carbons (Fsp3) is 0.0435. The molecule has 0 bridgehead atoms. The first-order valence-corrected chi connectivity index (χ1v) is 49.6. The Labute approximate surface area is 851 Å². The Morgan fingerprint density at radius 3 is 0.623 bits per heavy atom. The van der Waals surface area contributed by atoms with E-state index in [1.165, 1.54) is 65.3 Å². The van der Waals surface area contributed by atoms with Crippen molar-refractivity contribution < 1.29 is 0 Å². The van der Waals surface area contributed by atoms with E-state index in [4.69, 9.17) is 13.1 Å². The van der Waals surface area contributed by atoms with Gasteiger partial charge < -0.3 is 19.6 Å². The van der Waals surface area contributed by atoms with Crippen molar-refractivity contribution >= 4 is 144 Å². The van der Waals surface area contributed by atoms with E-state index in [-0.39, 0.29) is 0 Å². The van der Waals surface area contributed by atoms with Gasteiger partial charge in [0.1, 0.15) is 0 Å². The van der Waals surface area contributed by atoms with Crippen LogP contribution in [0, 0.1) is 49.7 Å². The van der Waals surface area contributed by atoms with Gasteiger partial charge in [-0.05, 0) is 340 Å². The average molecular weight is 1870 g/mol. The number of rotatable bonds is 22. The molecule has 8 heteroatoms. The van der Waals surface area contributed by atoms with Crippen molar-refractivity contribution in [3.05, 3.63) is 542 Å². The van der Waals surface area contributed by atoms with Gasteiger partial charge in [0.05, 0.1) is 59.2 Å². The van der Waals surface area contributed by atoms with Crippen LogP contribution < -0.4 is 19.6 Å². The Kier molecular flexibility index (Phi) is 24.3. The van der Waals surface area contributed by atoms with E-state index in [1.807, 2.05) is 60.7 Å². The number of nitrogens with zero attached hydrogens (tertiary/aromatic N) is 8. The molecule has 688 valence electrons. The van der Waals surface area contributed by atoms with Crippen molar-refractivity contribution in [1.82, 2.24) is 0 Å². The van der Waals surface area contributed by atoms with Crippen LogP contribution in [0.3, 0.4) is 0 Å². The normalized spacial score (nSPS) is 11.2. The molecule has 0 aliphatic rings. The summed E-state index contributed by atoms with van der Waals surface area (Å²) in [7, 11) is 0. The van der Waals surface area contributed by atoms with Crippen molar-refractivity contribution in [2.75, 3.05) is 19.6 Å². The second-order valence-corrected chi connectivity index (χ2v) is 37.5. The second kappa shape index (κ2) is 39.3. The summed E-state index contributed by atoms with van der Waals surface area (Å²) in [6.07, 6.45) is 1.89. The van der Waals surface area contributed by atoms with E-state index >= 15 is 0 Å². The Bertz CT molecular complexity index is 8650. The Morgan fingerprint density at radius 2 is 0.411 bits per heavy atom. The van der Waals surface area contributed by atoms with Gasteiger partial charge >= 0.3 is 0 Å². The lowest BCUT2D eigenvalue weighted by Crippen LogP contribution is -2.12. The lowest BCUT2D eigenvalue weighted by molar-refractivity contribution is 1.14. The van der Waals surface area contributed by atoms with Gasteiger partial charge in [-0.15, -0.1) is 0 Å². The first-order valence-electron chi connectivity index (χ1n) is 49.6. The third-order valence-corrected chi connectivity index (χ3v) is 28.5. The molecular formula is C138H96N8. The van der Waals surface area contributed by atoms with E-state index in [9.17, 15) is 10.5 Å². The number of hydrogen-bond acceptors (Lipinski definition) is 6. The molecule has 24 aromatic rings. The van der Waals surface area contributed by atoms with Gasteiger partial charge in [0.15, 0.2) is 11.4 Å². The molecule has 146 heavy (non-hydrogen) atoms. The molecule has 0 saturated carbocycles. The van der Waals surface area contributed by atoms with Crippen LogP contribution in [-0.4, -0.2) is 0 Å². The fourth-order valence-electron chi connectivity index (χ4n) is 20.9. The Hall–Kier alpha value is -19.5. The number of anilines is 12. The fourth-order valence-corrected chi connectivity index (χ4v) is 20.9. The maximum absolute atomic E-state index is 9.70. The standard InChI is InChI=1S/C70H50N4.C68H46N4/c1-4-47-18-32-61(33-19-47)73(63-42-56(50-12-8-6-9-13-50)40-58(44-63)52-22-16-49(46-71)17-23-52)67-38-28-54-27-37-66-68(39-29-55-26-36-65(67)69(54)70(55)66)74(62-34-20-48(5-2)21-35-62)64-43-57(51-14-10-7-11-15-51)41-59(45-64)53-24-30-60(72-3)31-25-53;1-45-14-30-59(31-15-45)71(61-40-54(48-10-6-4-7-11-48)38-56(42-61)50-20-18-47(44-69)19-21-50)65-36-26-52-25-35-64-66(37-27-53-24-34-63(65)67(52)68(53)64)72(60-32-16-46(2)17-33-60)62-41-55(49-12-8-5-9-13-49)39-57(43-62)51-22-28-58(70-3)29-23-51/h6-45H,4-5H2,1-2H3;4-43H,1-2H3. The summed E-state index contributed by atoms with van der Waals surface area (Å²) in [6.45, 7) is 23.9. The number of hydrogen-bond donors (Lipinski definition) is 0. The van der Waals surface area contributed by atoms with E-state index in [1.54, 1.807) is 0 Å². The van der Waals surface area contributed by atoms with Gasteiger partial charge in [-0.25, -0.2) is 9.69 Å². The lowest BCUT2D eigenvalue weighted by atomic mass is 9.91. The molecule has 0 aromatic heterocycles. The summed E-state index contributed by atoms with van der Waals surface area (Å²) in [6, 6.07) is 178. The second-order valence-electron chi connectivity index (χ2n) is 37.5. The minimum Gasteiger partial charge on any atom is -0.310 e. The molecule has 0 heterocycles. The zero-order valence-corrected chi connectivity index (χ0v) is 81.2. The third-order valence-electron chi connectivity index (χ3n) is 28.5. The van der Waals surface area contributed by atoms with Crippen LogP contribution in [0.1, 0.15) is 47.2 Å². The average Bonchev–Trinajstić information content (AvgIpc) is 0.719. The molecule has 0 aliphatic carbocycles. The van der Waals surface area contributed by atoms with Crippen LogP contribution in [0.5, 0.6) is 0 Å². The van der Waals surface area contributed by atoms with Crippen molar-refractivity contribution in [2.45, 2.75) is 40.5 Å². The van der Waals surface area contributed by atoms with Gasteiger partial charge in [0.25, 0.3) is 0 Å². The van der Waals surface area contributed by atoms with Crippen LogP contribution >= 0.6 is 0 Å². The number of aryl methyl sites for hydroxylation is 4. The highest BCUT2D eigenvalue weighted by Gasteiger charge is 2.29. The first-order chi connectivity index (χ1) is 71.8. The molecular weight excluding hydrogens is 1770 g/mol. The van der Waals surface area contributed by atoms with Crippen LogP contribution in [0.25, 0.3) is 163 Å². The summed E-state index contributed by atoms with van der Waals surface area (Å²) in [4.78, 5) is 17.0. The van der Waals surface area contributed by atoms with Crippen LogP contribution in [0.2, 0.25) is 0 Å². The van der Waals surface area contributed by atoms with E-state index in [0.29, 0.717) is 22.5 Å². The summed E-state index contributed by atoms with van der Waals surface area (Å²) in [5, 5.41) is 33.5. The molecule has 0 spiro atoms. The molecule has 0 fully saturated rings. The maximum atomic E-state index is 9.70. The predicted molar refractivity (Wildman–Crippen MR) is 613 cm³/mol. The summed E-state index contributed by atoms with van der Waals surface area (Å²) in [5.74, 6) is 0. The Morgan fingerprint density at radius 1 is 0.205 bits per heavy atom. The molecule has 0 radical (unpaired) electrons. The van der Waals surface area contributed by atoms with Crippen molar-refractivity contribution in [2.24, 2.45) is 0 Å². The van der Waals surface area contributed by atoms with Gasteiger partial charge in [-0.1, -0.05) is 340 Å². The van der Waals surface area contributed by atoms with Crippen LogP contribution in [-0.2, 0) is 12.8 Å². The monoisotopic (exact) mass is 1860 g/mol. The van der Waals surface area contributed by atoms with E-state index < -0.39 is 0 Å². The van der Waals surface area contributed by atoms with Gasteiger partial charge in [0.2, 0.25) is 0 Å². The van der Waals surface area contributed by atoms with E-state index in [0.717, 1.165) is 192 Å². The topological polar surface area (TPSA) is 69.3 Å². The smallest absolute Gasteiger partial charge is 0.187 e. The number of nitriles is 2. The van der Waals surface area contributed by atoms with Gasteiger partial charge in [-0.3, -0.25) is 0 Å². The molecule has 0 amide bonds. The minimum absolute atomic E-state index is 0.617. The van der Waals surface area contributed by atoms with Crippen LogP contribution in [0.15, 0.2) is 485 Å². The van der Waals surface area contributed by atoms with E-state index in [2.05, 4.69) is 494 Å². The molecule has 0 atom stereocenters. The zero-order valence-electron chi connectivity index (χ0n) is 81.2. The van der Waals surface area contributed by atoms with Crippen molar-refractivity contribution in [3.63, 3.8) is 0 Å². The molecule has 8 nitrogen and oxygen atoms in total. The SMILES string of the molecule is [C-]#[N+]c1ccc(-c2cc(-c3ccccc3)cc(N(c3ccc(C)cc3)c3ccc4ccc5c(N(c6ccc(C)cc6)c6cc(-c7ccccc7)cc(-c7ccc(C#N)cc7)c6)ccc6ccc3c4c65)c2)cc1.[C-]#[N+]c1ccc(-c2cc(-c3ccccc3)cc(N(c3ccc(CC)cc3)c3ccc4ccc5c(N(c6ccc(CC)cc6)c6cc(-c7ccccc7)cc(-c7ccc(C#N)cc7)c6)ccc6ccc3c4c65)c2)cc1. The summed E-state index contributed by atoms with van der Waals surface area (Å²) in [5.41, 5.74) is 37.5. The predicted octanol–water partition coefficient (Wildman–Crippen LogP) is 39.0.